The van der Waals surface area contributed by atoms with Gasteiger partial charge in [0.25, 0.3) is 0 Å². The molecule has 0 heterocycles. The SMILES string of the molecule is CCOc1cccc(CCNC(=O)[C@@H](N)C(C)C)c1. The van der Waals surface area contributed by atoms with Crippen LogP contribution in [0.5, 0.6) is 5.75 Å². The summed E-state index contributed by atoms with van der Waals surface area (Å²) in [5, 5.41) is 2.86. The fourth-order valence-corrected chi connectivity index (χ4v) is 1.71. The van der Waals surface area contributed by atoms with Gasteiger partial charge in [0.05, 0.1) is 12.6 Å². The number of ether oxygens (including phenoxy) is 1. The molecule has 4 heteroatoms. The fraction of sp³-hybridized carbons (Fsp3) is 0.533. The van der Waals surface area contributed by atoms with E-state index in [4.69, 9.17) is 10.5 Å². The van der Waals surface area contributed by atoms with Crippen LogP contribution in [0, 0.1) is 5.92 Å². The quantitative estimate of drug-likeness (QED) is 0.788. The average molecular weight is 264 g/mol. The third kappa shape index (κ3) is 5.30. The molecule has 0 unspecified atom stereocenters. The Morgan fingerprint density at radius 1 is 1.42 bits per heavy atom. The van der Waals surface area contributed by atoms with Crippen molar-refractivity contribution in [2.45, 2.75) is 33.2 Å². The standard InChI is InChI=1S/C15H24N2O2/c1-4-19-13-7-5-6-12(10-13)8-9-17-15(18)14(16)11(2)3/h5-7,10-11,14H,4,8-9,16H2,1-3H3,(H,17,18)/t14-/m0/s1. The third-order valence-corrected chi connectivity index (χ3v) is 2.94. The molecule has 19 heavy (non-hydrogen) atoms. The molecule has 0 spiro atoms. The highest BCUT2D eigenvalue weighted by Crippen LogP contribution is 2.13. The Bertz CT molecular complexity index is 405. The molecule has 1 aromatic carbocycles. The molecule has 0 fully saturated rings. The zero-order valence-electron chi connectivity index (χ0n) is 12.0. The number of carbonyl (C=O) groups is 1. The average Bonchev–Trinajstić information content (AvgIpc) is 2.38. The molecule has 0 aliphatic heterocycles. The number of nitrogens with one attached hydrogen (secondary N) is 1. The maximum atomic E-state index is 11.7. The molecule has 4 nitrogen and oxygen atoms in total. The Morgan fingerprint density at radius 2 is 2.16 bits per heavy atom. The molecular weight excluding hydrogens is 240 g/mol. The van der Waals surface area contributed by atoms with Crippen molar-refractivity contribution in [1.82, 2.24) is 5.32 Å². The summed E-state index contributed by atoms with van der Waals surface area (Å²) in [7, 11) is 0. The van der Waals surface area contributed by atoms with E-state index < -0.39 is 6.04 Å². The van der Waals surface area contributed by atoms with Gasteiger partial charge in [-0.25, -0.2) is 0 Å². The summed E-state index contributed by atoms with van der Waals surface area (Å²) in [6.07, 6.45) is 0.775. The molecule has 3 N–H and O–H groups in total. The van der Waals surface area contributed by atoms with Gasteiger partial charge in [-0.15, -0.1) is 0 Å². The van der Waals surface area contributed by atoms with E-state index >= 15 is 0 Å². The summed E-state index contributed by atoms with van der Waals surface area (Å²) in [5.74, 6) is 0.933. The van der Waals surface area contributed by atoms with Crippen LogP contribution in [-0.2, 0) is 11.2 Å². The Kier molecular flexibility index (Phi) is 6.36. The second-order valence-corrected chi connectivity index (χ2v) is 4.89. The second-order valence-electron chi connectivity index (χ2n) is 4.89. The summed E-state index contributed by atoms with van der Waals surface area (Å²) >= 11 is 0. The second kappa shape index (κ2) is 7.79. The predicted molar refractivity (Wildman–Crippen MR) is 77.1 cm³/mol. The Balaban J connectivity index is 2.40. The van der Waals surface area contributed by atoms with Gasteiger partial charge in [-0.05, 0) is 37.0 Å². The smallest absolute Gasteiger partial charge is 0.237 e. The molecule has 1 rings (SSSR count). The molecule has 1 aromatic rings. The first-order valence-electron chi connectivity index (χ1n) is 6.79. The van der Waals surface area contributed by atoms with E-state index in [-0.39, 0.29) is 11.8 Å². The zero-order valence-corrected chi connectivity index (χ0v) is 12.0. The number of nitrogens with two attached hydrogens (primary N) is 1. The topological polar surface area (TPSA) is 64.3 Å². The summed E-state index contributed by atoms with van der Waals surface area (Å²) in [5.41, 5.74) is 6.91. The van der Waals surface area contributed by atoms with Crippen LogP contribution in [0.1, 0.15) is 26.3 Å². The van der Waals surface area contributed by atoms with Crippen molar-refractivity contribution >= 4 is 5.91 Å². The van der Waals surface area contributed by atoms with Gasteiger partial charge < -0.3 is 15.8 Å². The highest BCUT2D eigenvalue weighted by Gasteiger charge is 2.16. The van der Waals surface area contributed by atoms with Crippen molar-refractivity contribution in [1.29, 1.82) is 0 Å². The minimum absolute atomic E-state index is 0.0871. The summed E-state index contributed by atoms with van der Waals surface area (Å²) < 4.78 is 5.44. The van der Waals surface area contributed by atoms with Gasteiger partial charge in [0.15, 0.2) is 0 Å². The van der Waals surface area contributed by atoms with Crippen LogP contribution in [-0.4, -0.2) is 25.1 Å². The van der Waals surface area contributed by atoms with Crippen molar-refractivity contribution in [2.24, 2.45) is 11.7 Å². The molecule has 1 amide bonds. The van der Waals surface area contributed by atoms with Crippen LogP contribution in [0.15, 0.2) is 24.3 Å². The molecule has 0 aliphatic carbocycles. The van der Waals surface area contributed by atoms with E-state index in [2.05, 4.69) is 5.32 Å². The van der Waals surface area contributed by atoms with Crippen LogP contribution in [0.25, 0.3) is 0 Å². The highest BCUT2D eigenvalue weighted by atomic mass is 16.5. The van der Waals surface area contributed by atoms with Gasteiger partial charge >= 0.3 is 0 Å². The lowest BCUT2D eigenvalue weighted by Crippen LogP contribution is -2.44. The van der Waals surface area contributed by atoms with Crippen molar-refractivity contribution < 1.29 is 9.53 Å². The van der Waals surface area contributed by atoms with Crippen LogP contribution in [0.3, 0.4) is 0 Å². The number of amides is 1. The largest absolute Gasteiger partial charge is 0.494 e. The Hall–Kier alpha value is -1.55. The van der Waals surface area contributed by atoms with Gasteiger partial charge in [0.1, 0.15) is 5.75 Å². The zero-order chi connectivity index (χ0) is 14.3. The predicted octanol–water partition coefficient (Wildman–Crippen LogP) is 1.73. The van der Waals surface area contributed by atoms with Gasteiger partial charge in [-0.3, -0.25) is 4.79 Å². The van der Waals surface area contributed by atoms with Gasteiger partial charge in [0.2, 0.25) is 5.91 Å². The van der Waals surface area contributed by atoms with Crippen molar-refractivity contribution in [3.63, 3.8) is 0 Å². The first-order chi connectivity index (χ1) is 9.04. The maximum absolute atomic E-state index is 11.7. The molecular formula is C15H24N2O2. The van der Waals surface area contributed by atoms with Crippen LogP contribution >= 0.6 is 0 Å². The highest BCUT2D eigenvalue weighted by molar-refractivity contribution is 5.81. The Labute approximate surface area is 115 Å². The number of rotatable bonds is 7. The number of benzene rings is 1. The van der Waals surface area contributed by atoms with Crippen molar-refractivity contribution in [2.75, 3.05) is 13.2 Å². The summed E-state index contributed by atoms with van der Waals surface area (Å²) in [6.45, 7) is 7.09. The molecule has 0 aliphatic rings. The molecule has 0 saturated carbocycles. The maximum Gasteiger partial charge on any atom is 0.237 e. The van der Waals surface area contributed by atoms with Crippen LogP contribution in [0.2, 0.25) is 0 Å². The minimum Gasteiger partial charge on any atom is -0.494 e. The van der Waals surface area contributed by atoms with E-state index in [0.29, 0.717) is 13.2 Å². The van der Waals surface area contributed by atoms with Gasteiger partial charge in [0, 0.05) is 6.54 Å². The summed E-state index contributed by atoms with van der Waals surface area (Å²) in [6, 6.07) is 7.48. The monoisotopic (exact) mass is 264 g/mol. The number of hydrogen-bond donors (Lipinski definition) is 2. The van der Waals surface area contributed by atoms with E-state index in [0.717, 1.165) is 17.7 Å². The number of hydrogen-bond acceptors (Lipinski definition) is 3. The molecule has 1 atom stereocenters. The molecule has 0 aromatic heterocycles. The fourth-order valence-electron chi connectivity index (χ4n) is 1.71. The number of carbonyl (C=O) groups excluding carboxylic acids is 1. The minimum atomic E-state index is -0.435. The van der Waals surface area contributed by atoms with Crippen molar-refractivity contribution in [3.05, 3.63) is 29.8 Å². The lowest BCUT2D eigenvalue weighted by molar-refractivity contribution is -0.123. The normalized spacial score (nSPS) is 12.3. The van der Waals surface area contributed by atoms with Crippen LogP contribution < -0.4 is 15.8 Å². The summed E-state index contributed by atoms with van der Waals surface area (Å²) in [4.78, 5) is 11.7. The molecule has 0 saturated heterocycles. The first kappa shape index (κ1) is 15.5. The Morgan fingerprint density at radius 3 is 2.79 bits per heavy atom. The van der Waals surface area contributed by atoms with Gasteiger partial charge in [-0.1, -0.05) is 26.0 Å². The molecule has 0 bridgehead atoms. The molecule has 0 radical (unpaired) electrons. The van der Waals surface area contributed by atoms with E-state index in [9.17, 15) is 4.79 Å². The van der Waals surface area contributed by atoms with E-state index in [1.54, 1.807) is 0 Å². The van der Waals surface area contributed by atoms with Crippen molar-refractivity contribution in [3.8, 4) is 5.75 Å². The third-order valence-electron chi connectivity index (χ3n) is 2.94. The first-order valence-corrected chi connectivity index (χ1v) is 6.79. The van der Waals surface area contributed by atoms with E-state index in [1.165, 1.54) is 0 Å². The lowest BCUT2D eigenvalue weighted by Gasteiger charge is -2.15. The molecule has 106 valence electrons. The van der Waals surface area contributed by atoms with Crippen LogP contribution in [0.4, 0.5) is 0 Å². The van der Waals surface area contributed by atoms with Gasteiger partial charge in [-0.2, -0.15) is 0 Å². The van der Waals surface area contributed by atoms with E-state index in [1.807, 2.05) is 45.0 Å². The lowest BCUT2D eigenvalue weighted by atomic mass is 10.0.